The molecule has 2 rings (SSSR count). The fourth-order valence-electron chi connectivity index (χ4n) is 1.28. The van der Waals surface area contributed by atoms with E-state index in [1.54, 1.807) is 0 Å². The van der Waals surface area contributed by atoms with Crippen molar-refractivity contribution < 1.29 is 19.3 Å². The van der Waals surface area contributed by atoms with Crippen LogP contribution in [0.4, 0.5) is 11.5 Å². The predicted octanol–water partition coefficient (Wildman–Crippen LogP) is 1.54. The van der Waals surface area contributed by atoms with Gasteiger partial charge in [0, 0.05) is 17.7 Å². The number of nitrogens with one attached hydrogen (secondary N) is 1. The van der Waals surface area contributed by atoms with Crippen LogP contribution >= 0.6 is 0 Å². The van der Waals surface area contributed by atoms with Gasteiger partial charge in [-0.15, -0.1) is 0 Å². The van der Waals surface area contributed by atoms with Crippen molar-refractivity contribution in [1.82, 2.24) is 5.16 Å². The molecule has 2 aromatic rings. The SMILES string of the molecule is O=C(Nc1ccon1)c1ccc([N+](=O)[O-])c(O)c1. The predicted molar refractivity (Wildman–Crippen MR) is 59.2 cm³/mol. The minimum atomic E-state index is -0.741. The number of amides is 1. The van der Waals surface area contributed by atoms with Crippen LogP contribution in [0.1, 0.15) is 10.4 Å². The van der Waals surface area contributed by atoms with Crippen LogP contribution in [0.15, 0.2) is 35.1 Å². The minimum Gasteiger partial charge on any atom is -0.502 e. The largest absolute Gasteiger partial charge is 0.502 e. The van der Waals surface area contributed by atoms with Crippen LogP contribution in [0.3, 0.4) is 0 Å². The molecule has 0 saturated heterocycles. The van der Waals surface area contributed by atoms with Gasteiger partial charge in [-0.1, -0.05) is 5.16 Å². The summed E-state index contributed by atoms with van der Waals surface area (Å²) in [5.74, 6) is -0.931. The van der Waals surface area contributed by atoms with E-state index < -0.39 is 22.3 Å². The highest BCUT2D eigenvalue weighted by Gasteiger charge is 2.16. The van der Waals surface area contributed by atoms with E-state index in [4.69, 9.17) is 0 Å². The number of nitro groups is 1. The third-order valence-corrected chi connectivity index (χ3v) is 2.11. The molecule has 1 aromatic carbocycles. The smallest absolute Gasteiger partial charge is 0.310 e. The maximum absolute atomic E-state index is 11.7. The number of nitro benzene ring substituents is 1. The molecule has 18 heavy (non-hydrogen) atoms. The molecule has 92 valence electrons. The zero-order valence-corrected chi connectivity index (χ0v) is 8.86. The summed E-state index contributed by atoms with van der Waals surface area (Å²) in [6.45, 7) is 0. The summed E-state index contributed by atoms with van der Waals surface area (Å²) in [5.41, 5.74) is -0.394. The van der Waals surface area contributed by atoms with Crippen molar-refractivity contribution in [2.45, 2.75) is 0 Å². The van der Waals surface area contributed by atoms with Crippen molar-refractivity contribution >= 4 is 17.4 Å². The summed E-state index contributed by atoms with van der Waals surface area (Å²) in [6.07, 6.45) is 1.28. The standard InChI is InChI=1S/C10H7N3O5/c14-8-5-6(1-2-7(8)13(16)17)10(15)11-9-3-4-18-12-9/h1-5,14H,(H,11,12,15). The Hall–Kier alpha value is -2.90. The number of anilines is 1. The molecule has 0 aliphatic heterocycles. The fourth-order valence-corrected chi connectivity index (χ4v) is 1.28. The van der Waals surface area contributed by atoms with E-state index in [9.17, 15) is 20.0 Å². The molecular weight excluding hydrogens is 242 g/mol. The van der Waals surface area contributed by atoms with Crippen molar-refractivity contribution in [2.75, 3.05) is 5.32 Å². The third-order valence-electron chi connectivity index (χ3n) is 2.11. The first-order valence-corrected chi connectivity index (χ1v) is 4.77. The third kappa shape index (κ3) is 2.26. The van der Waals surface area contributed by atoms with Crippen LogP contribution in [-0.4, -0.2) is 21.1 Å². The summed E-state index contributed by atoms with van der Waals surface area (Å²) in [6, 6.07) is 4.72. The molecule has 0 aliphatic rings. The molecule has 0 unspecified atom stereocenters. The van der Waals surface area contributed by atoms with E-state index in [1.807, 2.05) is 0 Å². The van der Waals surface area contributed by atoms with Gasteiger partial charge in [0.15, 0.2) is 11.6 Å². The number of nitrogens with zero attached hydrogens (tertiary/aromatic N) is 2. The summed E-state index contributed by atoms with van der Waals surface area (Å²) in [7, 11) is 0. The van der Waals surface area contributed by atoms with Crippen molar-refractivity contribution in [2.24, 2.45) is 0 Å². The summed E-state index contributed by atoms with van der Waals surface area (Å²) in [4.78, 5) is 21.4. The Bertz CT molecular complexity index is 594. The normalized spacial score (nSPS) is 10.0. The van der Waals surface area contributed by atoms with Crippen LogP contribution < -0.4 is 5.32 Å². The number of aromatic hydroxyl groups is 1. The van der Waals surface area contributed by atoms with Gasteiger partial charge in [-0.25, -0.2) is 0 Å². The Balaban J connectivity index is 2.21. The number of hydrogen-bond donors (Lipinski definition) is 2. The zero-order chi connectivity index (χ0) is 13.1. The molecule has 0 radical (unpaired) electrons. The Morgan fingerprint density at radius 1 is 1.44 bits per heavy atom. The summed E-state index contributed by atoms with van der Waals surface area (Å²) < 4.78 is 4.52. The number of carbonyl (C=O) groups excluding carboxylic acids is 1. The first-order chi connectivity index (χ1) is 8.58. The highest BCUT2D eigenvalue weighted by atomic mass is 16.6. The first kappa shape index (κ1) is 11.6. The Kier molecular flexibility index (Phi) is 2.92. The van der Waals surface area contributed by atoms with Crippen LogP contribution in [-0.2, 0) is 0 Å². The second-order valence-corrected chi connectivity index (χ2v) is 3.30. The highest BCUT2D eigenvalue weighted by molar-refractivity contribution is 6.04. The van der Waals surface area contributed by atoms with Crippen molar-refractivity contribution in [3.8, 4) is 5.75 Å². The molecule has 1 aromatic heterocycles. The molecule has 2 N–H and O–H groups in total. The van der Waals surface area contributed by atoms with Crippen molar-refractivity contribution in [3.05, 3.63) is 46.2 Å². The molecule has 0 fully saturated rings. The lowest BCUT2D eigenvalue weighted by atomic mass is 10.2. The molecule has 1 amide bonds. The molecule has 0 aliphatic carbocycles. The number of phenolic OH excluding ortho intramolecular Hbond substituents is 1. The van der Waals surface area contributed by atoms with Crippen LogP contribution in [0.5, 0.6) is 5.75 Å². The Morgan fingerprint density at radius 3 is 2.78 bits per heavy atom. The second kappa shape index (κ2) is 4.53. The number of hydrogen-bond acceptors (Lipinski definition) is 6. The van der Waals surface area contributed by atoms with Crippen molar-refractivity contribution in [1.29, 1.82) is 0 Å². The van der Waals surface area contributed by atoms with Gasteiger partial charge in [-0.05, 0) is 12.1 Å². The lowest BCUT2D eigenvalue weighted by Crippen LogP contribution is -2.12. The van der Waals surface area contributed by atoms with Gasteiger partial charge >= 0.3 is 5.69 Å². The van der Waals surface area contributed by atoms with Crippen LogP contribution in [0.25, 0.3) is 0 Å². The van der Waals surface area contributed by atoms with E-state index >= 15 is 0 Å². The molecule has 8 heteroatoms. The molecular formula is C10H7N3O5. The van der Waals surface area contributed by atoms with Gasteiger partial charge in [0.1, 0.15) is 6.26 Å². The molecule has 0 saturated carbocycles. The number of phenols is 1. The molecule has 0 spiro atoms. The van der Waals surface area contributed by atoms with Crippen LogP contribution in [0, 0.1) is 10.1 Å². The monoisotopic (exact) mass is 249 g/mol. The molecule has 0 bridgehead atoms. The van der Waals surface area contributed by atoms with Gasteiger partial charge in [-0.2, -0.15) is 0 Å². The minimum absolute atomic E-state index is 0.0705. The van der Waals surface area contributed by atoms with E-state index in [1.165, 1.54) is 18.4 Å². The number of rotatable bonds is 3. The van der Waals surface area contributed by atoms with Crippen molar-refractivity contribution in [3.63, 3.8) is 0 Å². The summed E-state index contributed by atoms with van der Waals surface area (Å²) in [5, 5.41) is 25.7. The van der Waals surface area contributed by atoms with Gasteiger partial charge in [0.05, 0.1) is 4.92 Å². The highest BCUT2D eigenvalue weighted by Crippen LogP contribution is 2.26. The number of benzene rings is 1. The molecule has 8 nitrogen and oxygen atoms in total. The lowest BCUT2D eigenvalue weighted by molar-refractivity contribution is -0.385. The Labute approximate surface area is 100.0 Å². The maximum atomic E-state index is 11.7. The van der Waals surface area contributed by atoms with Crippen LogP contribution in [0.2, 0.25) is 0 Å². The number of carbonyl (C=O) groups is 1. The van der Waals surface area contributed by atoms with Gasteiger partial charge < -0.3 is 14.9 Å². The lowest BCUT2D eigenvalue weighted by Gasteiger charge is -2.02. The van der Waals surface area contributed by atoms with Gasteiger partial charge in [0.2, 0.25) is 0 Å². The Morgan fingerprint density at radius 2 is 2.22 bits per heavy atom. The van der Waals surface area contributed by atoms with Gasteiger partial charge in [0.25, 0.3) is 5.91 Å². The topological polar surface area (TPSA) is 119 Å². The average Bonchev–Trinajstić information content (AvgIpc) is 2.81. The van der Waals surface area contributed by atoms with E-state index in [-0.39, 0.29) is 11.4 Å². The number of aromatic nitrogens is 1. The van der Waals surface area contributed by atoms with E-state index in [0.717, 1.165) is 12.1 Å². The zero-order valence-electron chi connectivity index (χ0n) is 8.86. The molecule has 0 atom stereocenters. The van der Waals surface area contributed by atoms with E-state index in [0.29, 0.717) is 0 Å². The average molecular weight is 249 g/mol. The molecule has 1 heterocycles. The van der Waals surface area contributed by atoms with Gasteiger partial charge in [-0.3, -0.25) is 14.9 Å². The quantitative estimate of drug-likeness (QED) is 0.629. The first-order valence-electron chi connectivity index (χ1n) is 4.77. The van der Waals surface area contributed by atoms with E-state index in [2.05, 4.69) is 15.0 Å². The second-order valence-electron chi connectivity index (χ2n) is 3.30. The maximum Gasteiger partial charge on any atom is 0.310 e. The fraction of sp³-hybridized carbons (Fsp3) is 0. The summed E-state index contributed by atoms with van der Waals surface area (Å²) >= 11 is 0.